The van der Waals surface area contributed by atoms with E-state index in [1.165, 1.54) is 0 Å². The number of methoxy groups -OCH3 is 1. The van der Waals surface area contributed by atoms with Crippen molar-refractivity contribution in [1.29, 1.82) is 0 Å². The zero-order valence-corrected chi connectivity index (χ0v) is 5.11. The van der Waals surface area contributed by atoms with Crippen LogP contribution in [0.2, 0.25) is 0 Å². The van der Waals surface area contributed by atoms with Gasteiger partial charge in [0.15, 0.2) is 0 Å². The molecule has 0 rings (SSSR count). The summed E-state index contributed by atoms with van der Waals surface area (Å²) in [5, 5.41) is 0. The molecule has 0 aliphatic carbocycles. The molecule has 0 spiro atoms. The van der Waals surface area contributed by atoms with Gasteiger partial charge in [-0.05, 0) is 0 Å². The van der Waals surface area contributed by atoms with Gasteiger partial charge in [-0.2, -0.15) is 0 Å². The lowest BCUT2D eigenvalue weighted by molar-refractivity contribution is 0.159. The van der Waals surface area contributed by atoms with Crippen molar-refractivity contribution in [2.24, 2.45) is 0 Å². The van der Waals surface area contributed by atoms with Crippen LogP contribution in [-0.2, 0) is 4.74 Å². The van der Waals surface area contributed by atoms with Gasteiger partial charge >= 0.3 is 0 Å². The van der Waals surface area contributed by atoms with E-state index in [0.717, 1.165) is 0 Å². The minimum Gasteiger partial charge on any atom is -0.376 e. The molecule has 0 fully saturated rings. The molecule has 0 unspecified atom stereocenters. The molecule has 0 radical (unpaired) electrons. The van der Waals surface area contributed by atoms with Crippen molar-refractivity contribution in [2.45, 2.75) is 6.10 Å². The van der Waals surface area contributed by atoms with Crippen LogP contribution in [0.15, 0.2) is 12.7 Å². The molecule has 0 heterocycles. The van der Waals surface area contributed by atoms with Crippen LogP contribution in [-0.4, -0.2) is 19.1 Å². The van der Waals surface area contributed by atoms with Crippen molar-refractivity contribution in [1.82, 2.24) is 0 Å². The second-order valence-corrected chi connectivity index (χ2v) is 1.47. The maximum atomic E-state index is 5.37. The van der Waals surface area contributed by atoms with E-state index in [2.05, 4.69) is 6.58 Å². The van der Waals surface area contributed by atoms with Crippen molar-refractivity contribution in [3.05, 3.63) is 12.7 Å². The van der Waals surface area contributed by atoms with Crippen LogP contribution in [0, 0.1) is 0 Å². The van der Waals surface area contributed by atoms with Gasteiger partial charge < -0.3 is 4.74 Å². The fraction of sp³-hybridized carbons (Fsp3) is 0.600. The highest BCUT2D eigenvalue weighted by molar-refractivity contribution is 6.18. The van der Waals surface area contributed by atoms with Gasteiger partial charge in [-0.3, -0.25) is 0 Å². The fourth-order valence-electron chi connectivity index (χ4n) is 0.222. The summed E-state index contributed by atoms with van der Waals surface area (Å²) in [6, 6.07) is 0. The predicted molar refractivity (Wildman–Crippen MR) is 31.7 cm³/mol. The molecule has 0 saturated carbocycles. The van der Waals surface area contributed by atoms with Crippen LogP contribution in [0.5, 0.6) is 0 Å². The second kappa shape index (κ2) is 4.16. The average molecular weight is 121 g/mol. The van der Waals surface area contributed by atoms with E-state index in [1.54, 1.807) is 13.2 Å². The highest BCUT2D eigenvalue weighted by Crippen LogP contribution is 1.91. The first-order valence-electron chi connectivity index (χ1n) is 2.06. The van der Waals surface area contributed by atoms with E-state index in [-0.39, 0.29) is 6.10 Å². The summed E-state index contributed by atoms with van der Waals surface area (Å²) in [4.78, 5) is 0. The Hall–Kier alpha value is -0.0100. The lowest BCUT2D eigenvalue weighted by atomic mass is 10.4. The molecule has 1 nitrogen and oxygen atoms in total. The Labute approximate surface area is 48.9 Å². The van der Waals surface area contributed by atoms with E-state index < -0.39 is 0 Å². The summed E-state index contributed by atoms with van der Waals surface area (Å²) in [7, 11) is 1.61. The third-order valence-electron chi connectivity index (χ3n) is 0.718. The van der Waals surface area contributed by atoms with Crippen molar-refractivity contribution in [3.8, 4) is 0 Å². The smallest absolute Gasteiger partial charge is 0.0884 e. The molecule has 0 aromatic carbocycles. The van der Waals surface area contributed by atoms with Gasteiger partial charge in [0.05, 0.1) is 12.0 Å². The van der Waals surface area contributed by atoms with Crippen LogP contribution in [0.4, 0.5) is 0 Å². The molecule has 42 valence electrons. The maximum absolute atomic E-state index is 5.37. The molecule has 0 aliphatic rings. The highest BCUT2D eigenvalue weighted by atomic mass is 35.5. The van der Waals surface area contributed by atoms with Crippen molar-refractivity contribution < 1.29 is 4.74 Å². The average Bonchev–Trinajstić information content (AvgIpc) is 1.72. The van der Waals surface area contributed by atoms with Crippen LogP contribution >= 0.6 is 11.6 Å². The van der Waals surface area contributed by atoms with Crippen molar-refractivity contribution >= 4 is 11.6 Å². The molecule has 0 saturated heterocycles. The molecule has 0 bridgehead atoms. The molecule has 7 heavy (non-hydrogen) atoms. The number of alkyl halides is 1. The van der Waals surface area contributed by atoms with Gasteiger partial charge in [0.25, 0.3) is 0 Å². The lowest BCUT2D eigenvalue weighted by Gasteiger charge is -2.02. The third-order valence-corrected chi connectivity index (χ3v) is 1.02. The Morgan fingerprint density at radius 3 is 2.57 bits per heavy atom. The summed E-state index contributed by atoms with van der Waals surface area (Å²) in [6.07, 6.45) is 1.69. The lowest BCUT2D eigenvalue weighted by Crippen LogP contribution is -2.06. The van der Waals surface area contributed by atoms with E-state index in [9.17, 15) is 0 Å². The van der Waals surface area contributed by atoms with E-state index in [0.29, 0.717) is 5.88 Å². The van der Waals surface area contributed by atoms with E-state index >= 15 is 0 Å². The Balaban J connectivity index is 3.16. The van der Waals surface area contributed by atoms with Crippen LogP contribution < -0.4 is 0 Å². The highest BCUT2D eigenvalue weighted by Gasteiger charge is 1.94. The monoisotopic (exact) mass is 120 g/mol. The Morgan fingerprint density at radius 1 is 2.00 bits per heavy atom. The number of halogens is 1. The first-order valence-corrected chi connectivity index (χ1v) is 2.60. The molecule has 0 aliphatic heterocycles. The van der Waals surface area contributed by atoms with E-state index in [1.807, 2.05) is 0 Å². The van der Waals surface area contributed by atoms with Gasteiger partial charge in [0.1, 0.15) is 0 Å². The largest absolute Gasteiger partial charge is 0.376 e. The first-order chi connectivity index (χ1) is 3.35. The molecular formula is C5H9ClO. The minimum absolute atomic E-state index is 0.0154. The molecule has 2 heteroatoms. The summed E-state index contributed by atoms with van der Waals surface area (Å²) >= 11 is 5.37. The minimum atomic E-state index is 0.0154. The maximum Gasteiger partial charge on any atom is 0.0884 e. The van der Waals surface area contributed by atoms with Crippen molar-refractivity contribution in [3.63, 3.8) is 0 Å². The van der Waals surface area contributed by atoms with E-state index in [4.69, 9.17) is 16.3 Å². The van der Waals surface area contributed by atoms with Gasteiger partial charge in [-0.1, -0.05) is 6.08 Å². The number of rotatable bonds is 3. The second-order valence-electron chi connectivity index (χ2n) is 1.16. The number of hydrogen-bond donors (Lipinski definition) is 0. The molecule has 0 N–H and O–H groups in total. The molecule has 0 aromatic heterocycles. The topological polar surface area (TPSA) is 9.23 Å². The quantitative estimate of drug-likeness (QED) is 0.405. The summed E-state index contributed by atoms with van der Waals surface area (Å²) in [5.74, 6) is 0.486. The SMILES string of the molecule is C=C[C@@H](CCl)OC. The van der Waals surface area contributed by atoms with Gasteiger partial charge in [-0.15, -0.1) is 18.2 Å². The molecule has 0 aromatic rings. The van der Waals surface area contributed by atoms with Crippen LogP contribution in [0.1, 0.15) is 0 Å². The molecular weight excluding hydrogens is 112 g/mol. The number of ether oxygens (including phenoxy) is 1. The summed E-state index contributed by atoms with van der Waals surface area (Å²) in [5.41, 5.74) is 0. The first kappa shape index (κ1) is 6.99. The standard InChI is InChI=1S/C5H9ClO/c1-3-5(4-6)7-2/h3,5H,1,4H2,2H3/t5-/m0/s1. The van der Waals surface area contributed by atoms with Crippen LogP contribution in [0.25, 0.3) is 0 Å². The Morgan fingerprint density at radius 2 is 2.57 bits per heavy atom. The van der Waals surface area contributed by atoms with Crippen molar-refractivity contribution in [2.75, 3.05) is 13.0 Å². The third kappa shape index (κ3) is 2.66. The zero-order valence-electron chi connectivity index (χ0n) is 4.36. The molecule has 0 amide bonds. The van der Waals surface area contributed by atoms with Crippen LogP contribution in [0.3, 0.4) is 0 Å². The zero-order chi connectivity index (χ0) is 5.70. The van der Waals surface area contributed by atoms with Gasteiger partial charge in [0.2, 0.25) is 0 Å². The Bertz CT molecular complexity index is 50.0. The van der Waals surface area contributed by atoms with Gasteiger partial charge in [-0.25, -0.2) is 0 Å². The normalized spacial score (nSPS) is 13.4. The van der Waals surface area contributed by atoms with Gasteiger partial charge in [0, 0.05) is 7.11 Å². The fourth-order valence-corrected chi connectivity index (χ4v) is 0.474. The number of hydrogen-bond acceptors (Lipinski definition) is 1. The Kier molecular flexibility index (Phi) is 4.15. The summed E-state index contributed by atoms with van der Waals surface area (Å²) in [6.45, 7) is 3.49. The molecule has 1 atom stereocenters. The predicted octanol–water partition coefficient (Wildman–Crippen LogP) is 1.43. The summed E-state index contributed by atoms with van der Waals surface area (Å²) < 4.78 is 4.80.